The molecule has 0 heterocycles. The molecule has 0 radical (unpaired) electrons. The molecule has 1 saturated carbocycles. The van der Waals surface area contributed by atoms with Crippen LogP contribution >= 0.6 is 0 Å². The molecule has 2 N–H and O–H groups in total. The van der Waals surface area contributed by atoms with E-state index in [1.807, 2.05) is 0 Å². The minimum atomic E-state index is -0.569. The Bertz CT molecular complexity index is 562. The van der Waals surface area contributed by atoms with Crippen molar-refractivity contribution >= 4 is 17.5 Å². The number of nitrogens with one attached hydrogen (secondary N) is 2. The molecule has 1 unspecified atom stereocenters. The van der Waals surface area contributed by atoms with Crippen LogP contribution in [0.1, 0.15) is 47.5 Å². The van der Waals surface area contributed by atoms with Crippen LogP contribution in [0, 0.1) is 11.2 Å². The van der Waals surface area contributed by atoms with Crippen molar-refractivity contribution in [3.8, 4) is 0 Å². The molecule has 22 heavy (non-hydrogen) atoms. The Labute approximate surface area is 131 Å². The Kier molecular flexibility index (Phi) is 4.36. The van der Waals surface area contributed by atoms with Gasteiger partial charge in [0.2, 0.25) is 0 Å². The van der Waals surface area contributed by atoms with Crippen LogP contribution in [-0.4, -0.2) is 17.7 Å². The van der Waals surface area contributed by atoms with Crippen LogP contribution in [-0.2, 0) is 4.74 Å². The highest BCUT2D eigenvalue weighted by Crippen LogP contribution is 2.49. The summed E-state index contributed by atoms with van der Waals surface area (Å²) in [6.07, 6.45) is 1.75. The van der Waals surface area contributed by atoms with Gasteiger partial charge in [-0.1, -0.05) is 6.92 Å². The number of anilines is 2. The Morgan fingerprint density at radius 2 is 2.00 bits per heavy atom. The number of halogens is 1. The predicted octanol–water partition coefficient (Wildman–Crippen LogP) is 4.77. The number of hydrogen-bond donors (Lipinski definition) is 2. The first kappa shape index (κ1) is 16.6. The van der Waals surface area contributed by atoms with Gasteiger partial charge in [0.05, 0.1) is 5.69 Å². The van der Waals surface area contributed by atoms with Crippen LogP contribution < -0.4 is 10.6 Å². The minimum Gasteiger partial charge on any atom is -0.444 e. The molecular weight excluding hydrogens is 283 g/mol. The molecule has 1 fully saturated rings. The average Bonchev–Trinajstić information content (AvgIpc) is 3.10. The molecule has 0 saturated heterocycles. The van der Waals surface area contributed by atoms with Crippen LogP contribution in [0.15, 0.2) is 18.2 Å². The van der Waals surface area contributed by atoms with Gasteiger partial charge < -0.3 is 10.1 Å². The summed E-state index contributed by atoms with van der Waals surface area (Å²) in [5, 5.41) is 5.83. The van der Waals surface area contributed by atoms with Gasteiger partial charge in [-0.2, -0.15) is 0 Å². The smallest absolute Gasteiger partial charge is 0.412 e. The zero-order chi connectivity index (χ0) is 16.5. The van der Waals surface area contributed by atoms with E-state index in [0.717, 1.165) is 12.8 Å². The Morgan fingerprint density at radius 1 is 1.36 bits per heavy atom. The van der Waals surface area contributed by atoms with Gasteiger partial charge in [0, 0.05) is 11.7 Å². The molecule has 0 spiro atoms. The van der Waals surface area contributed by atoms with Gasteiger partial charge in [-0.3, -0.25) is 5.32 Å². The Morgan fingerprint density at radius 3 is 2.55 bits per heavy atom. The standard InChI is InChI=1S/C17H25FN2O2/c1-11(17(5)8-9-17)19-14-10-12(6-7-13(14)18)20-15(21)22-16(2,3)4/h6-7,10-11,19H,8-9H2,1-5H3,(H,20,21). The summed E-state index contributed by atoms with van der Waals surface area (Å²) >= 11 is 0. The van der Waals surface area contributed by atoms with E-state index >= 15 is 0 Å². The van der Waals surface area contributed by atoms with Crippen molar-refractivity contribution in [2.75, 3.05) is 10.6 Å². The van der Waals surface area contributed by atoms with Crippen molar-refractivity contribution in [2.24, 2.45) is 5.41 Å². The quantitative estimate of drug-likeness (QED) is 0.842. The number of hydrogen-bond acceptors (Lipinski definition) is 3. The summed E-state index contributed by atoms with van der Waals surface area (Å²) in [5.41, 5.74) is 0.571. The topological polar surface area (TPSA) is 50.4 Å². The summed E-state index contributed by atoms with van der Waals surface area (Å²) in [5.74, 6) is -0.328. The predicted molar refractivity (Wildman–Crippen MR) is 86.7 cm³/mol. The monoisotopic (exact) mass is 308 g/mol. The number of carbonyl (C=O) groups excluding carboxylic acids is 1. The first-order chi connectivity index (χ1) is 10.1. The molecule has 2 rings (SSSR count). The summed E-state index contributed by atoms with van der Waals surface area (Å²) < 4.78 is 19.1. The highest BCUT2D eigenvalue weighted by Gasteiger charge is 2.42. The normalized spacial score (nSPS) is 17.5. The molecule has 1 aromatic carbocycles. The highest BCUT2D eigenvalue weighted by atomic mass is 19.1. The number of benzene rings is 1. The minimum absolute atomic E-state index is 0.179. The molecule has 1 atom stereocenters. The van der Waals surface area contributed by atoms with Crippen molar-refractivity contribution in [3.63, 3.8) is 0 Å². The van der Waals surface area contributed by atoms with Crippen LogP contribution in [0.2, 0.25) is 0 Å². The molecule has 0 aromatic heterocycles. The first-order valence-corrected chi connectivity index (χ1v) is 7.65. The van der Waals surface area contributed by atoms with E-state index in [1.165, 1.54) is 12.1 Å². The lowest BCUT2D eigenvalue weighted by Crippen LogP contribution is -2.27. The van der Waals surface area contributed by atoms with Gasteiger partial charge in [-0.25, -0.2) is 9.18 Å². The van der Waals surface area contributed by atoms with Crippen LogP contribution in [0.4, 0.5) is 20.6 Å². The second-order valence-corrected chi connectivity index (χ2v) is 7.34. The molecule has 122 valence electrons. The maximum Gasteiger partial charge on any atom is 0.412 e. The molecule has 1 amide bonds. The highest BCUT2D eigenvalue weighted by molar-refractivity contribution is 5.85. The van der Waals surface area contributed by atoms with Crippen LogP contribution in [0.25, 0.3) is 0 Å². The third kappa shape index (κ3) is 4.36. The van der Waals surface area contributed by atoms with Crippen molar-refractivity contribution in [3.05, 3.63) is 24.0 Å². The lowest BCUT2D eigenvalue weighted by atomic mass is 10.0. The van der Waals surface area contributed by atoms with Gasteiger partial charge in [-0.05, 0) is 64.2 Å². The number of ether oxygens (including phenoxy) is 1. The second-order valence-electron chi connectivity index (χ2n) is 7.34. The molecular formula is C17H25FN2O2. The summed E-state index contributed by atoms with van der Waals surface area (Å²) in [7, 11) is 0. The van der Waals surface area contributed by atoms with E-state index in [1.54, 1.807) is 26.8 Å². The van der Waals surface area contributed by atoms with E-state index in [4.69, 9.17) is 4.74 Å². The number of carbonyl (C=O) groups is 1. The van der Waals surface area contributed by atoms with Crippen molar-refractivity contribution in [1.29, 1.82) is 0 Å². The second kappa shape index (κ2) is 5.78. The third-order valence-corrected chi connectivity index (χ3v) is 4.07. The van der Waals surface area contributed by atoms with Crippen molar-refractivity contribution in [2.45, 2.75) is 59.1 Å². The zero-order valence-electron chi connectivity index (χ0n) is 13.9. The van der Waals surface area contributed by atoms with Gasteiger partial charge in [0.1, 0.15) is 11.4 Å². The molecule has 1 aromatic rings. The van der Waals surface area contributed by atoms with Crippen LogP contribution in [0.5, 0.6) is 0 Å². The fourth-order valence-corrected chi connectivity index (χ4v) is 2.17. The lowest BCUT2D eigenvalue weighted by molar-refractivity contribution is 0.0636. The molecule has 0 bridgehead atoms. The summed E-state index contributed by atoms with van der Waals surface area (Å²) in [4.78, 5) is 11.8. The molecule has 0 aliphatic heterocycles. The molecule has 1 aliphatic rings. The largest absolute Gasteiger partial charge is 0.444 e. The number of rotatable bonds is 4. The van der Waals surface area contributed by atoms with E-state index in [0.29, 0.717) is 11.4 Å². The lowest BCUT2D eigenvalue weighted by Gasteiger charge is -2.23. The SMILES string of the molecule is CC(Nc1cc(NC(=O)OC(C)(C)C)ccc1F)C1(C)CC1. The molecule has 1 aliphatic carbocycles. The van der Waals surface area contributed by atoms with E-state index in [9.17, 15) is 9.18 Å². The maximum atomic E-state index is 13.9. The third-order valence-electron chi connectivity index (χ3n) is 4.07. The Hall–Kier alpha value is -1.78. The van der Waals surface area contributed by atoms with Crippen molar-refractivity contribution in [1.82, 2.24) is 0 Å². The molecule has 4 nitrogen and oxygen atoms in total. The maximum absolute atomic E-state index is 13.9. The molecule has 5 heteroatoms. The summed E-state index contributed by atoms with van der Waals surface area (Å²) in [6.45, 7) is 9.62. The van der Waals surface area contributed by atoms with Gasteiger partial charge in [-0.15, -0.1) is 0 Å². The van der Waals surface area contributed by atoms with E-state index < -0.39 is 11.7 Å². The van der Waals surface area contributed by atoms with E-state index in [-0.39, 0.29) is 17.3 Å². The van der Waals surface area contributed by atoms with Crippen molar-refractivity contribution < 1.29 is 13.9 Å². The van der Waals surface area contributed by atoms with Gasteiger partial charge >= 0.3 is 6.09 Å². The fourth-order valence-electron chi connectivity index (χ4n) is 2.17. The summed E-state index contributed by atoms with van der Waals surface area (Å²) in [6, 6.07) is 4.64. The zero-order valence-corrected chi connectivity index (χ0v) is 13.9. The average molecular weight is 308 g/mol. The number of amides is 1. The van der Waals surface area contributed by atoms with Gasteiger partial charge in [0.15, 0.2) is 0 Å². The fraction of sp³-hybridized carbons (Fsp3) is 0.588. The Balaban J connectivity index is 2.05. The van der Waals surface area contributed by atoms with E-state index in [2.05, 4.69) is 24.5 Å². The first-order valence-electron chi connectivity index (χ1n) is 7.65. The van der Waals surface area contributed by atoms with Gasteiger partial charge in [0.25, 0.3) is 0 Å². The van der Waals surface area contributed by atoms with Crippen LogP contribution in [0.3, 0.4) is 0 Å².